The first-order valence-electron chi connectivity index (χ1n) is 6.77. The Bertz CT molecular complexity index is 602. The van der Waals surface area contributed by atoms with E-state index in [4.69, 9.17) is 5.11 Å². The summed E-state index contributed by atoms with van der Waals surface area (Å²) in [5, 5.41) is 15.2. The molecule has 0 atom stereocenters. The van der Waals surface area contributed by atoms with Gasteiger partial charge in [-0.3, -0.25) is 4.90 Å². The zero-order chi connectivity index (χ0) is 13.8. The molecule has 0 radical (unpaired) electrons. The summed E-state index contributed by atoms with van der Waals surface area (Å²) in [5.74, 6) is 5.67. The summed E-state index contributed by atoms with van der Waals surface area (Å²) in [6.45, 7) is 1.98. The second-order valence-corrected chi connectivity index (χ2v) is 6.81. The van der Waals surface area contributed by atoms with E-state index in [1.807, 2.05) is 0 Å². The summed E-state index contributed by atoms with van der Waals surface area (Å²) in [4.78, 5) is 3.92. The summed E-state index contributed by atoms with van der Waals surface area (Å²) in [5.41, 5.74) is 2.43. The van der Waals surface area contributed by atoms with Crippen LogP contribution in [0.4, 0.5) is 0 Å². The van der Waals surface area contributed by atoms with E-state index in [2.05, 4.69) is 45.0 Å². The topological polar surface area (TPSA) is 23.5 Å². The van der Waals surface area contributed by atoms with Crippen molar-refractivity contribution in [3.63, 3.8) is 0 Å². The van der Waals surface area contributed by atoms with Crippen molar-refractivity contribution in [3.8, 4) is 11.8 Å². The second-order valence-electron chi connectivity index (χ2n) is 5.03. The van der Waals surface area contributed by atoms with Gasteiger partial charge < -0.3 is 5.11 Å². The molecule has 0 spiro atoms. The Morgan fingerprint density at radius 3 is 2.90 bits per heavy atom. The lowest BCUT2D eigenvalue weighted by molar-refractivity contribution is 0.248. The van der Waals surface area contributed by atoms with Crippen LogP contribution in [-0.4, -0.2) is 22.7 Å². The maximum atomic E-state index is 8.73. The van der Waals surface area contributed by atoms with E-state index in [1.54, 1.807) is 22.7 Å². The number of hydrogen-bond donors (Lipinski definition) is 1. The van der Waals surface area contributed by atoms with Gasteiger partial charge in [-0.05, 0) is 41.3 Å². The largest absolute Gasteiger partial charge is 0.384 e. The quantitative estimate of drug-likeness (QED) is 0.857. The van der Waals surface area contributed by atoms with E-state index in [1.165, 1.54) is 23.3 Å². The average molecular weight is 303 g/mol. The monoisotopic (exact) mass is 303 g/mol. The van der Waals surface area contributed by atoms with Gasteiger partial charge in [-0.2, -0.15) is 11.3 Å². The zero-order valence-electron chi connectivity index (χ0n) is 11.2. The van der Waals surface area contributed by atoms with Crippen LogP contribution in [0.2, 0.25) is 0 Å². The molecule has 1 aliphatic carbocycles. The van der Waals surface area contributed by atoms with E-state index in [0.717, 1.165) is 24.7 Å². The molecule has 0 amide bonds. The Kier molecular flexibility index (Phi) is 4.54. The molecule has 3 rings (SSSR count). The summed E-state index contributed by atoms with van der Waals surface area (Å²) in [6.07, 6.45) is 2.65. The number of hydrogen-bond acceptors (Lipinski definition) is 4. The fourth-order valence-electron chi connectivity index (χ4n) is 2.24. The van der Waals surface area contributed by atoms with Crippen molar-refractivity contribution in [2.45, 2.75) is 32.0 Å². The molecule has 20 heavy (non-hydrogen) atoms. The van der Waals surface area contributed by atoms with Gasteiger partial charge in [0.1, 0.15) is 6.61 Å². The van der Waals surface area contributed by atoms with Gasteiger partial charge in [0.2, 0.25) is 0 Å². The maximum absolute atomic E-state index is 8.73. The van der Waals surface area contributed by atoms with Gasteiger partial charge in [0.15, 0.2) is 0 Å². The molecule has 0 aromatic carbocycles. The average Bonchev–Trinajstić information content (AvgIpc) is 3.00. The summed E-state index contributed by atoms with van der Waals surface area (Å²) >= 11 is 3.53. The minimum atomic E-state index is -0.0719. The van der Waals surface area contributed by atoms with Crippen LogP contribution in [0.5, 0.6) is 0 Å². The predicted molar refractivity (Wildman–Crippen MR) is 84.9 cm³/mol. The standard InChI is InChI=1S/C16H17NOS2/c18-6-1-2-13-8-16(20-12-13)10-17(15-3-4-15)9-14-5-7-19-11-14/h5,7-8,11-12,15,18H,3-4,6,9-10H2. The Morgan fingerprint density at radius 1 is 1.30 bits per heavy atom. The zero-order valence-corrected chi connectivity index (χ0v) is 12.8. The van der Waals surface area contributed by atoms with E-state index >= 15 is 0 Å². The lowest BCUT2D eigenvalue weighted by Gasteiger charge is -2.20. The van der Waals surface area contributed by atoms with Crippen molar-refractivity contribution in [1.29, 1.82) is 0 Å². The van der Waals surface area contributed by atoms with Crippen LogP contribution in [0, 0.1) is 11.8 Å². The highest BCUT2D eigenvalue weighted by Gasteiger charge is 2.29. The fourth-order valence-corrected chi connectivity index (χ4v) is 3.74. The molecule has 0 bridgehead atoms. The van der Waals surface area contributed by atoms with Gasteiger partial charge in [0, 0.05) is 35.0 Å². The Hall–Kier alpha value is -1.12. The van der Waals surface area contributed by atoms with Crippen LogP contribution in [-0.2, 0) is 13.1 Å². The normalized spacial score (nSPS) is 14.3. The number of thiophene rings is 2. The minimum absolute atomic E-state index is 0.0719. The number of aliphatic hydroxyl groups is 1. The smallest absolute Gasteiger partial charge is 0.104 e. The van der Waals surface area contributed by atoms with E-state index in [-0.39, 0.29) is 6.61 Å². The molecule has 1 saturated carbocycles. The van der Waals surface area contributed by atoms with Gasteiger partial charge in [-0.15, -0.1) is 11.3 Å². The molecule has 0 saturated heterocycles. The Morgan fingerprint density at radius 2 is 2.20 bits per heavy atom. The van der Waals surface area contributed by atoms with Crippen LogP contribution >= 0.6 is 22.7 Å². The Labute approximate surface area is 127 Å². The van der Waals surface area contributed by atoms with Gasteiger partial charge in [0.05, 0.1) is 0 Å². The van der Waals surface area contributed by atoms with E-state index < -0.39 is 0 Å². The predicted octanol–water partition coefficient (Wildman–Crippen LogP) is 3.32. The molecule has 1 N–H and O–H groups in total. The summed E-state index contributed by atoms with van der Waals surface area (Å²) in [7, 11) is 0. The van der Waals surface area contributed by atoms with Crippen LogP contribution in [0.3, 0.4) is 0 Å². The molecule has 0 unspecified atom stereocenters. The van der Waals surface area contributed by atoms with Crippen LogP contribution in [0.25, 0.3) is 0 Å². The van der Waals surface area contributed by atoms with Crippen molar-refractivity contribution >= 4 is 22.7 Å². The minimum Gasteiger partial charge on any atom is -0.384 e. The van der Waals surface area contributed by atoms with Crippen LogP contribution in [0.15, 0.2) is 28.3 Å². The molecule has 104 valence electrons. The molecule has 2 aromatic rings. The van der Waals surface area contributed by atoms with Gasteiger partial charge in [-0.1, -0.05) is 11.8 Å². The highest BCUT2D eigenvalue weighted by Crippen LogP contribution is 2.31. The number of rotatable bonds is 5. The molecule has 2 heterocycles. The fraction of sp³-hybridized carbons (Fsp3) is 0.375. The first-order valence-corrected chi connectivity index (χ1v) is 8.59. The summed E-state index contributed by atoms with van der Waals surface area (Å²) in [6, 6.07) is 5.12. The molecule has 0 aliphatic heterocycles. The first kappa shape index (κ1) is 13.8. The van der Waals surface area contributed by atoms with Crippen molar-refractivity contribution < 1.29 is 5.11 Å². The third-order valence-corrected chi connectivity index (χ3v) is 5.01. The molecule has 2 nitrogen and oxygen atoms in total. The van der Waals surface area contributed by atoms with Crippen LogP contribution < -0.4 is 0 Å². The molecular weight excluding hydrogens is 286 g/mol. The lowest BCUT2D eigenvalue weighted by atomic mass is 10.2. The van der Waals surface area contributed by atoms with Crippen molar-refractivity contribution in [1.82, 2.24) is 4.90 Å². The molecule has 4 heteroatoms. The number of aliphatic hydroxyl groups excluding tert-OH is 1. The third-order valence-electron chi connectivity index (χ3n) is 3.35. The van der Waals surface area contributed by atoms with Crippen molar-refractivity contribution in [2.24, 2.45) is 0 Å². The van der Waals surface area contributed by atoms with Crippen molar-refractivity contribution in [2.75, 3.05) is 6.61 Å². The molecule has 2 aromatic heterocycles. The SMILES string of the molecule is OCC#Cc1csc(CN(Cc2ccsc2)C2CC2)c1. The van der Waals surface area contributed by atoms with E-state index in [9.17, 15) is 0 Å². The van der Waals surface area contributed by atoms with Gasteiger partial charge in [0.25, 0.3) is 0 Å². The van der Waals surface area contributed by atoms with Gasteiger partial charge in [-0.25, -0.2) is 0 Å². The van der Waals surface area contributed by atoms with E-state index in [0.29, 0.717) is 0 Å². The summed E-state index contributed by atoms with van der Waals surface area (Å²) < 4.78 is 0. The maximum Gasteiger partial charge on any atom is 0.104 e. The van der Waals surface area contributed by atoms with Gasteiger partial charge >= 0.3 is 0 Å². The third kappa shape index (κ3) is 3.71. The second kappa shape index (κ2) is 6.55. The molecule has 1 aliphatic rings. The highest BCUT2D eigenvalue weighted by molar-refractivity contribution is 7.10. The Balaban J connectivity index is 1.65. The number of nitrogens with zero attached hydrogens (tertiary/aromatic N) is 1. The molecule has 1 fully saturated rings. The first-order chi connectivity index (χ1) is 9.85. The highest BCUT2D eigenvalue weighted by atomic mass is 32.1. The van der Waals surface area contributed by atoms with Crippen molar-refractivity contribution in [3.05, 3.63) is 44.3 Å². The lowest BCUT2D eigenvalue weighted by Crippen LogP contribution is -2.24. The molecular formula is C16H17NOS2. The van der Waals surface area contributed by atoms with Crippen LogP contribution in [0.1, 0.15) is 28.8 Å².